The van der Waals surface area contributed by atoms with Crippen molar-refractivity contribution < 1.29 is 4.42 Å². The Kier molecular flexibility index (Phi) is 3.34. The van der Waals surface area contributed by atoms with Crippen molar-refractivity contribution in [3.8, 4) is 11.3 Å². The summed E-state index contributed by atoms with van der Waals surface area (Å²) in [4.78, 5) is 4.72. The SMILES string of the molecule is CC1(C)CCC(C)(C)c2c1ccc1c2oc2ccnc(-c3ccccc3)c21. The van der Waals surface area contributed by atoms with Gasteiger partial charge in [-0.25, -0.2) is 0 Å². The Morgan fingerprint density at radius 3 is 2.37 bits per heavy atom. The Hall–Kier alpha value is -2.61. The van der Waals surface area contributed by atoms with Gasteiger partial charge in [0.25, 0.3) is 0 Å². The van der Waals surface area contributed by atoms with E-state index in [-0.39, 0.29) is 10.8 Å². The molecule has 0 unspecified atom stereocenters. The van der Waals surface area contributed by atoms with E-state index in [1.807, 2.05) is 18.3 Å². The van der Waals surface area contributed by atoms with Crippen molar-refractivity contribution in [1.82, 2.24) is 4.98 Å². The Bertz CT molecular complexity index is 1170. The van der Waals surface area contributed by atoms with Crippen LogP contribution in [0.2, 0.25) is 0 Å². The Balaban J connectivity index is 1.91. The molecule has 2 aromatic heterocycles. The molecule has 1 aliphatic rings. The molecule has 0 saturated heterocycles. The normalized spacial score (nSPS) is 17.9. The van der Waals surface area contributed by atoms with Crippen molar-refractivity contribution >= 4 is 21.9 Å². The van der Waals surface area contributed by atoms with Crippen LogP contribution in [0.25, 0.3) is 33.2 Å². The Morgan fingerprint density at radius 2 is 1.59 bits per heavy atom. The van der Waals surface area contributed by atoms with Gasteiger partial charge in [-0.1, -0.05) is 70.2 Å². The number of benzene rings is 2. The van der Waals surface area contributed by atoms with Gasteiger partial charge in [0.2, 0.25) is 0 Å². The van der Waals surface area contributed by atoms with Gasteiger partial charge in [0.1, 0.15) is 11.2 Å². The number of furan rings is 1. The second kappa shape index (κ2) is 5.45. The number of pyridine rings is 1. The van der Waals surface area contributed by atoms with E-state index >= 15 is 0 Å². The lowest BCUT2D eigenvalue weighted by molar-refractivity contribution is 0.331. The highest BCUT2D eigenvalue weighted by Crippen LogP contribution is 2.50. The van der Waals surface area contributed by atoms with Crippen LogP contribution in [0.5, 0.6) is 0 Å². The maximum absolute atomic E-state index is 6.50. The third-order valence-electron chi connectivity index (χ3n) is 6.38. The minimum atomic E-state index is 0.110. The summed E-state index contributed by atoms with van der Waals surface area (Å²) in [7, 11) is 0. The minimum absolute atomic E-state index is 0.110. The van der Waals surface area contributed by atoms with E-state index in [1.165, 1.54) is 29.4 Å². The summed E-state index contributed by atoms with van der Waals surface area (Å²) in [5.74, 6) is 0. The predicted octanol–water partition coefficient (Wildman–Crippen LogP) is 7.00. The van der Waals surface area contributed by atoms with Gasteiger partial charge in [0, 0.05) is 22.7 Å². The van der Waals surface area contributed by atoms with Crippen LogP contribution in [0.3, 0.4) is 0 Å². The first kappa shape index (κ1) is 16.6. The van der Waals surface area contributed by atoms with E-state index in [9.17, 15) is 0 Å². The molecule has 2 heterocycles. The van der Waals surface area contributed by atoms with Crippen LogP contribution in [-0.2, 0) is 10.8 Å². The van der Waals surface area contributed by atoms with E-state index in [2.05, 4.69) is 64.1 Å². The minimum Gasteiger partial charge on any atom is -0.456 e. The molecular weight excluding hydrogens is 330 g/mol. The third kappa shape index (κ3) is 2.36. The van der Waals surface area contributed by atoms with Crippen molar-refractivity contribution in [2.24, 2.45) is 0 Å². The predicted molar refractivity (Wildman–Crippen MR) is 112 cm³/mol. The van der Waals surface area contributed by atoms with Crippen LogP contribution >= 0.6 is 0 Å². The molecule has 0 spiro atoms. The van der Waals surface area contributed by atoms with Gasteiger partial charge in [0.15, 0.2) is 0 Å². The van der Waals surface area contributed by atoms with E-state index < -0.39 is 0 Å². The second-order valence-electron chi connectivity index (χ2n) is 9.13. The molecule has 0 fully saturated rings. The molecular formula is C25H25NO. The molecule has 0 bridgehead atoms. The van der Waals surface area contributed by atoms with Crippen LogP contribution in [0.15, 0.2) is 59.1 Å². The maximum atomic E-state index is 6.50. The molecule has 5 rings (SSSR count). The summed E-state index contributed by atoms with van der Waals surface area (Å²) in [5, 5.41) is 2.31. The van der Waals surface area contributed by atoms with E-state index in [0.29, 0.717) is 0 Å². The summed E-state index contributed by atoms with van der Waals surface area (Å²) >= 11 is 0. The van der Waals surface area contributed by atoms with Crippen LogP contribution < -0.4 is 0 Å². The summed E-state index contributed by atoms with van der Waals surface area (Å²) in [6.45, 7) is 9.41. The average molecular weight is 355 g/mol. The average Bonchev–Trinajstić information content (AvgIpc) is 3.04. The van der Waals surface area contributed by atoms with Gasteiger partial charge in [-0.2, -0.15) is 0 Å². The molecule has 4 aromatic rings. The lowest BCUT2D eigenvalue weighted by atomic mass is 9.63. The van der Waals surface area contributed by atoms with Crippen molar-refractivity contribution in [1.29, 1.82) is 0 Å². The Morgan fingerprint density at radius 1 is 0.852 bits per heavy atom. The molecule has 2 nitrogen and oxygen atoms in total. The van der Waals surface area contributed by atoms with Crippen molar-refractivity contribution in [2.45, 2.75) is 51.4 Å². The maximum Gasteiger partial charge on any atom is 0.139 e. The lowest BCUT2D eigenvalue weighted by Crippen LogP contribution is -2.33. The Labute approximate surface area is 160 Å². The highest BCUT2D eigenvalue weighted by Gasteiger charge is 2.39. The number of nitrogens with zero attached hydrogens (tertiary/aromatic N) is 1. The number of aromatic nitrogens is 1. The molecule has 136 valence electrons. The van der Waals surface area contributed by atoms with Gasteiger partial charge in [-0.3, -0.25) is 4.98 Å². The zero-order valence-electron chi connectivity index (χ0n) is 16.5. The van der Waals surface area contributed by atoms with Crippen LogP contribution in [-0.4, -0.2) is 4.98 Å². The zero-order chi connectivity index (χ0) is 18.8. The van der Waals surface area contributed by atoms with Crippen molar-refractivity contribution in [3.63, 3.8) is 0 Å². The fourth-order valence-corrected chi connectivity index (χ4v) is 4.72. The first-order chi connectivity index (χ1) is 12.9. The lowest BCUT2D eigenvalue weighted by Gasteiger charge is -2.41. The third-order valence-corrected chi connectivity index (χ3v) is 6.38. The quantitative estimate of drug-likeness (QED) is 0.367. The molecule has 0 amide bonds. The second-order valence-corrected chi connectivity index (χ2v) is 9.13. The van der Waals surface area contributed by atoms with E-state index in [4.69, 9.17) is 9.40 Å². The fourth-order valence-electron chi connectivity index (χ4n) is 4.72. The zero-order valence-corrected chi connectivity index (χ0v) is 16.5. The van der Waals surface area contributed by atoms with Crippen LogP contribution in [0.1, 0.15) is 51.7 Å². The largest absolute Gasteiger partial charge is 0.456 e. The molecule has 0 aliphatic heterocycles. The number of rotatable bonds is 1. The first-order valence-electron chi connectivity index (χ1n) is 9.79. The topological polar surface area (TPSA) is 26.0 Å². The van der Waals surface area contributed by atoms with Gasteiger partial charge >= 0.3 is 0 Å². The summed E-state index contributed by atoms with van der Waals surface area (Å²) < 4.78 is 6.50. The fraction of sp³-hybridized carbons (Fsp3) is 0.320. The molecule has 2 heteroatoms. The highest BCUT2D eigenvalue weighted by atomic mass is 16.3. The monoisotopic (exact) mass is 355 g/mol. The molecule has 0 radical (unpaired) electrons. The summed E-state index contributed by atoms with van der Waals surface area (Å²) in [5.41, 5.74) is 7.20. The highest BCUT2D eigenvalue weighted by molar-refractivity contribution is 6.12. The van der Waals surface area contributed by atoms with Gasteiger partial charge in [-0.05, 0) is 35.3 Å². The summed E-state index contributed by atoms with van der Waals surface area (Å²) in [6.07, 6.45) is 4.23. The molecule has 0 saturated carbocycles. The van der Waals surface area contributed by atoms with Crippen LogP contribution in [0, 0.1) is 0 Å². The number of hydrogen-bond donors (Lipinski definition) is 0. The smallest absolute Gasteiger partial charge is 0.139 e. The summed E-state index contributed by atoms with van der Waals surface area (Å²) in [6, 6.07) is 17.0. The molecule has 1 aliphatic carbocycles. The number of hydrogen-bond acceptors (Lipinski definition) is 2. The van der Waals surface area contributed by atoms with Crippen LogP contribution in [0.4, 0.5) is 0 Å². The van der Waals surface area contributed by atoms with E-state index in [1.54, 1.807) is 0 Å². The van der Waals surface area contributed by atoms with E-state index in [0.717, 1.165) is 27.8 Å². The first-order valence-corrected chi connectivity index (χ1v) is 9.79. The van der Waals surface area contributed by atoms with Crippen molar-refractivity contribution in [3.05, 3.63) is 65.9 Å². The number of fused-ring (bicyclic) bond motifs is 5. The molecule has 27 heavy (non-hydrogen) atoms. The molecule has 0 atom stereocenters. The standard InChI is InChI=1S/C25H25NO/c1-24(2)13-14-25(3,4)21-18(24)11-10-17-20-19(27-23(17)21)12-15-26-22(20)16-8-6-5-7-9-16/h5-12,15H,13-14H2,1-4H3. The van der Waals surface area contributed by atoms with Crippen molar-refractivity contribution in [2.75, 3.05) is 0 Å². The molecule has 0 N–H and O–H groups in total. The van der Waals surface area contributed by atoms with Gasteiger partial charge in [0.05, 0.1) is 11.1 Å². The molecule has 2 aromatic carbocycles. The van der Waals surface area contributed by atoms with Gasteiger partial charge in [-0.15, -0.1) is 0 Å². The van der Waals surface area contributed by atoms with Gasteiger partial charge < -0.3 is 4.42 Å².